The molecule has 1 unspecified atom stereocenters. The molecule has 0 spiro atoms. The maximum Gasteiger partial charge on any atom is 0.148 e. The largest absolute Gasteiger partial charge is 0.455 e. The number of hydrogen-bond donors (Lipinski definition) is 1. The summed E-state index contributed by atoms with van der Waals surface area (Å²) in [5, 5.41) is 5.84. The second-order valence-electron chi connectivity index (χ2n) is 14.0. The zero-order valence-electron chi connectivity index (χ0n) is 30.6. The van der Waals surface area contributed by atoms with Crippen LogP contribution in [0.1, 0.15) is 22.7 Å². The molecule has 1 aliphatic rings. The first-order valence-corrected chi connectivity index (χ1v) is 19.0. The molecule has 1 atom stereocenters. The van der Waals surface area contributed by atoms with Crippen molar-refractivity contribution in [3.8, 4) is 22.3 Å². The second kappa shape index (κ2) is 14.4. The van der Waals surface area contributed by atoms with Gasteiger partial charge in [0.15, 0.2) is 0 Å². The molecule has 10 rings (SSSR count). The molecule has 4 nitrogen and oxygen atoms in total. The van der Waals surface area contributed by atoms with Crippen LogP contribution in [0.3, 0.4) is 0 Å². The van der Waals surface area contributed by atoms with Crippen LogP contribution < -0.4 is 10.2 Å². The standard InChI is InChI=1S/C52H37N3O/c1-5-15-36(16-6-1)38-25-29-42(30-26-38)55(43-31-27-39(28-32-43)37-17-7-2-8-18-37)48-34-33-45(51-50(48)44-23-13-14-24-49(44)56-51)52-53-46(40-19-9-3-10-20-40)35-47(54-52)41-21-11-4-12-22-41/h1-35,46H,(H,53,54). The molecule has 0 fully saturated rings. The summed E-state index contributed by atoms with van der Waals surface area (Å²) in [5.41, 5.74) is 13.5. The van der Waals surface area contributed by atoms with E-state index in [0.29, 0.717) is 0 Å². The fourth-order valence-corrected chi connectivity index (χ4v) is 7.76. The Balaban J connectivity index is 1.16. The van der Waals surface area contributed by atoms with Crippen LogP contribution in [0.5, 0.6) is 0 Å². The lowest BCUT2D eigenvalue weighted by molar-refractivity contribution is 0.667. The van der Waals surface area contributed by atoms with Crippen molar-refractivity contribution < 1.29 is 4.42 Å². The Morgan fingerprint density at radius 1 is 0.464 bits per heavy atom. The van der Waals surface area contributed by atoms with E-state index < -0.39 is 0 Å². The number of anilines is 3. The molecule has 266 valence electrons. The van der Waals surface area contributed by atoms with Gasteiger partial charge in [-0.3, -0.25) is 0 Å². The molecule has 1 aromatic heterocycles. The Morgan fingerprint density at radius 2 is 0.964 bits per heavy atom. The highest BCUT2D eigenvalue weighted by Gasteiger charge is 2.26. The Bertz CT molecular complexity index is 2760. The molecular formula is C52H37N3O. The number of rotatable bonds is 8. The monoisotopic (exact) mass is 719 g/mol. The minimum Gasteiger partial charge on any atom is -0.455 e. The fraction of sp³-hybridized carbons (Fsp3) is 0.0192. The number of fused-ring (bicyclic) bond motifs is 3. The van der Waals surface area contributed by atoms with Crippen LogP contribution in [-0.4, -0.2) is 5.84 Å². The van der Waals surface area contributed by atoms with Gasteiger partial charge in [-0.2, -0.15) is 0 Å². The molecule has 1 aliphatic heterocycles. The lowest BCUT2D eigenvalue weighted by Gasteiger charge is -2.28. The predicted octanol–water partition coefficient (Wildman–Crippen LogP) is 13.5. The summed E-state index contributed by atoms with van der Waals surface area (Å²) in [7, 11) is 0. The Kier molecular flexibility index (Phi) is 8.54. The van der Waals surface area contributed by atoms with Gasteiger partial charge in [-0.05, 0) is 81.9 Å². The topological polar surface area (TPSA) is 40.8 Å². The minimum atomic E-state index is -0.0826. The minimum absolute atomic E-state index is 0.0826. The summed E-state index contributed by atoms with van der Waals surface area (Å²) in [6.45, 7) is 0. The molecule has 1 N–H and O–H groups in total. The van der Waals surface area contributed by atoms with Gasteiger partial charge in [-0.15, -0.1) is 0 Å². The van der Waals surface area contributed by atoms with E-state index in [2.05, 4.69) is 210 Å². The van der Waals surface area contributed by atoms with Gasteiger partial charge in [-0.25, -0.2) is 4.99 Å². The third-order valence-electron chi connectivity index (χ3n) is 10.5. The van der Waals surface area contributed by atoms with Gasteiger partial charge in [0.2, 0.25) is 0 Å². The van der Waals surface area contributed by atoms with Crippen molar-refractivity contribution in [2.45, 2.75) is 6.04 Å². The first-order chi connectivity index (χ1) is 27.8. The van der Waals surface area contributed by atoms with Gasteiger partial charge >= 0.3 is 0 Å². The molecular weight excluding hydrogens is 683 g/mol. The van der Waals surface area contributed by atoms with Crippen LogP contribution in [-0.2, 0) is 0 Å². The highest BCUT2D eigenvalue weighted by molar-refractivity contribution is 6.20. The number of para-hydroxylation sites is 1. The van der Waals surface area contributed by atoms with E-state index in [9.17, 15) is 0 Å². The van der Waals surface area contributed by atoms with Crippen LogP contribution in [0.25, 0.3) is 49.9 Å². The SMILES string of the molecule is C1=C(c2ccccc2)N=C(c2ccc(N(c3ccc(-c4ccccc4)cc3)c3ccc(-c4ccccc4)cc3)c3c2oc2ccccc23)NC1c1ccccc1. The van der Waals surface area contributed by atoms with Crippen LogP contribution in [0, 0.1) is 0 Å². The summed E-state index contributed by atoms with van der Waals surface area (Å²) in [6, 6.07) is 72.2. The van der Waals surface area contributed by atoms with Crippen molar-refractivity contribution in [3.05, 3.63) is 229 Å². The third-order valence-corrected chi connectivity index (χ3v) is 10.5. The van der Waals surface area contributed by atoms with Crippen LogP contribution in [0.4, 0.5) is 17.1 Å². The smallest absolute Gasteiger partial charge is 0.148 e. The van der Waals surface area contributed by atoms with E-state index in [1.165, 1.54) is 22.3 Å². The first-order valence-electron chi connectivity index (χ1n) is 19.0. The molecule has 0 radical (unpaired) electrons. The summed E-state index contributed by atoms with van der Waals surface area (Å²) >= 11 is 0. The maximum absolute atomic E-state index is 6.87. The number of amidine groups is 1. The van der Waals surface area contributed by atoms with Crippen molar-refractivity contribution in [2.75, 3.05) is 4.90 Å². The second-order valence-corrected chi connectivity index (χ2v) is 14.0. The number of nitrogens with one attached hydrogen (secondary N) is 1. The molecule has 9 aromatic rings. The van der Waals surface area contributed by atoms with Crippen molar-refractivity contribution in [1.29, 1.82) is 0 Å². The third kappa shape index (κ3) is 6.23. The van der Waals surface area contributed by atoms with E-state index in [4.69, 9.17) is 9.41 Å². The number of aliphatic imine (C=N–C) groups is 1. The van der Waals surface area contributed by atoms with Crippen LogP contribution in [0.2, 0.25) is 0 Å². The van der Waals surface area contributed by atoms with E-state index in [1.54, 1.807) is 0 Å². The summed E-state index contributed by atoms with van der Waals surface area (Å²) in [5.74, 6) is 0.766. The average Bonchev–Trinajstić information content (AvgIpc) is 3.68. The normalized spacial score (nSPS) is 13.9. The molecule has 2 heterocycles. The van der Waals surface area contributed by atoms with Crippen molar-refractivity contribution in [1.82, 2.24) is 5.32 Å². The molecule has 56 heavy (non-hydrogen) atoms. The average molecular weight is 720 g/mol. The Labute approximate surface area is 326 Å². The van der Waals surface area contributed by atoms with E-state index in [0.717, 1.165) is 67.2 Å². The summed E-state index contributed by atoms with van der Waals surface area (Å²) < 4.78 is 6.87. The Hall–Kier alpha value is -7.43. The van der Waals surface area contributed by atoms with Gasteiger partial charge in [0.05, 0.1) is 28.4 Å². The molecule has 0 amide bonds. The van der Waals surface area contributed by atoms with Crippen molar-refractivity contribution in [2.24, 2.45) is 4.99 Å². The highest BCUT2D eigenvalue weighted by atomic mass is 16.3. The summed E-state index contributed by atoms with van der Waals surface area (Å²) in [6.07, 6.45) is 2.21. The van der Waals surface area contributed by atoms with Crippen LogP contribution >= 0.6 is 0 Å². The van der Waals surface area contributed by atoms with Gasteiger partial charge < -0.3 is 14.6 Å². The lowest BCUT2D eigenvalue weighted by Crippen LogP contribution is -2.31. The molecule has 0 aliphatic carbocycles. The van der Waals surface area contributed by atoms with E-state index in [-0.39, 0.29) is 6.04 Å². The van der Waals surface area contributed by atoms with E-state index >= 15 is 0 Å². The quantitative estimate of drug-likeness (QED) is 0.170. The maximum atomic E-state index is 6.87. The Morgan fingerprint density at radius 3 is 1.55 bits per heavy atom. The van der Waals surface area contributed by atoms with Gasteiger partial charge in [0.1, 0.15) is 17.0 Å². The lowest BCUT2D eigenvalue weighted by atomic mass is 9.99. The number of benzene rings is 8. The molecule has 4 heteroatoms. The van der Waals surface area contributed by atoms with Crippen molar-refractivity contribution in [3.63, 3.8) is 0 Å². The zero-order valence-corrected chi connectivity index (χ0v) is 30.6. The number of hydrogen-bond acceptors (Lipinski definition) is 4. The van der Waals surface area contributed by atoms with E-state index in [1.807, 2.05) is 12.1 Å². The number of furan rings is 1. The van der Waals surface area contributed by atoms with Crippen molar-refractivity contribution >= 4 is 50.5 Å². The predicted molar refractivity (Wildman–Crippen MR) is 233 cm³/mol. The molecule has 0 bridgehead atoms. The van der Waals surface area contributed by atoms with Gasteiger partial charge in [0, 0.05) is 16.8 Å². The highest BCUT2D eigenvalue weighted by Crippen LogP contribution is 2.45. The van der Waals surface area contributed by atoms with Gasteiger partial charge in [-0.1, -0.05) is 164 Å². The van der Waals surface area contributed by atoms with Gasteiger partial charge in [0.25, 0.3) is 0 Å². The fourth-order valence-electron chi connectivity index (χ4n) is 7.76. The summed E-state index contributed by atoms with van der Waals surface area (Å²) in [4.78, 5) is 7.62. The zero-order chi connectivity index (χ0) is 37.3. The number of nitrogens with zero attached hydrogens (tertiary/aromatic N) is 2. The molecule has 0 saturated heterocycles. The van der Waals surface area contributed by atoms with Crippen LogP contribution in [0.15, 0.2) is 222 Å². The first kappa shape index (κ1) is 33.2. The molecule has 0 saturated carbocycles. The molecule has 8 aromatic carbocycles.